The molecule has 214 valence electrons. The number of rotatable bonds is 5. The number of halogens is 12. The Hall–Kier alpha value is -3.44. The highest BCUT2D eigenvalue weighted by molar-refractivity contribution is 14.1. The number of hydrogen-bond acceptors (Lipinski definition) is 2. The molecule has 2 amide bonds. The standard InChI is InChI=1S/C24H12F11IN2O2/c25-14-6-4-11(5-7-14)19(39)37-15-3-1-2-12(8-15)20(40)38-18-16(22(27,28)29)9-13(10-17(18)36)21(26,23(30,31)32)24(33,34)35/h1-10H,(H,37,39)(H,38,40). The molecule has 0 saturated heterocycles. The van der Waals surface area contributed by atoms with Gasteiger partial charge in [0.05, 0.1) is 11.3 Å². The van der Waals surface area contributed by atoms with Crippen LogP contribution in [0.15, 0.2) is 60.7 Å². The summed E-state index contributed by atoms with van der Waals surface area (Å²) >= 11 is 0.932. The third-order valence-electron chi connectivity index (χ3n) is 5.30. The molecule has 0 saturated carbocycles. The van der Waals surface area contributed by atoms with Gasteiger partial charge in [-0.25, -0.2) is 8.78 Å². The van der Waals surface area contributed by atoms with Gasteiger partial charge in [0.2, 0.25) is 0 Å². The lowest BCUT2D eigenvalue weighted by Gasteiger charge is -2.31. The zero-order chi connectivity index (χ0) is 30.3. The maximum Gasteiger partial charge on any atom is 0.435 e. The van der Waals surface area contributed by atoms with Gasteiger partial charge in [-0.1, -0.05) is 6.07 Å². The van der Waals surface area contributed by atoms with Crippen LogP contribution in [0, 0.1) is 9.39 Å². The number of amides is 2. The summed E-state index contributed by atoms with van der Waals surface area (Å²) in [6.07, 6.45) is -19.0. The SMILES string of the molecule is O=C(Nc1cccc(C(=O)Nc2c(I)cc(C(F)(C(F)(F)F)C(F)(F)F)cc2C(F)(F)F)c1)c1ccc(F)cc1. The van der Waals surface area contributed by atoms with Crippen LogP contribution < -0.4 is 10.6 Å². The molecule has 0 aliphatic rings. The fourth-order valence-electron chi connectivity index (χ4n) is 3.37. The summed E-state index contributed by atoms with van der Waals surface area (Å²) in [6, 6.07) is 8.10. The minimum atomic E-state index is -6.67. The van der Waals surface area contributed by atoms with Crippen molar-refractivity contribution in [3.05, 3.63) is 92.3 Å². The van der Waals surface area contributed by atoms with Crippen LogP contribution >= 0.6 is 22.6 Å². The quantitative estimate of drug-likeness (QED) is 0.209. The maximum absolute atomic E-state index is 14.5. The van der Waals surface area contributed by atoms with Gasteiger partial charge in [-0.15, -0.1) is 0 Å². The highest BCUT2D eigenvalue weighted by atomic mass is 127. The molecule has 0 radical (unpaired) electrons. The number of hydrogen-bond donors (Lipinski definition) is 2. The van der Waals surface area contributed by atoms with Gasteiger partial charge in [-0.2, -0.15) is 39.5 Å². The van der Waals surface area contributed by atoms with Gasteiger partial charge < -0.3 is 10.6 Å². The molecule has 0 unspecified atom stereocenters. The topological polar surface area (TPSA) is 58.2 Å². The third-order valence-corrected chi connectivity index (χ3v) is 6.15. The maximum atomic E-state index is 14.5. The predicted octanol–water partition coefficient (Wildman–Crippen LogP) is 8.24. The van der Waals surface area contributed by atoms with E-state index in [4.69, 9.17) is 0 Å². The minimum absolute atomic E-state index is 0.0161. The van der Waals surface area contributed by atoms with E-state index in [1.807, 2.05) is 0 Å². The van der Waals surface area contributed by atoms with E-state index in [0.717, 1.165) is 59.0 Å². The van der Waals surface area contributed by atoms with Crippen molar-refractivity contribution in [1.29, 1.82) is 0 Å². The monoisotopic (exact) mass is 696 g/mol. The van der Waals surface area contributed by atoms with E-state index in [1.54, 1.807) is 5.32 Å². The van der Waals surface area contributed by atoms with Crippen molar-refractivity contribution in [1.82, 2.24) is 0 Å². The molecule has 0 aliphatic carbocycles. The summed E-state index contributed by atoms with van der Waals surface area (Å²) in [5.41, 5.74) is -12.3. The van der Waals surface area contributed by atoms with Gasteiger partial charge in [0.25, 0.3) is 11.8 Å². The van der Waals surface area contributed by atoms with Gasteiger partial charge >= 0.3 is 24.2 Å². The first-order valence-electron chi connectivity index (χ1n) is 10.5. The Bertz CT molecular complexity index is 1420. The van der Waals surface area contributed by atoms with E-state index in [1.165, 1.54) is 12.1 Å². The third kappa shape index (κ3) is 6.31. The van der Waals surface area contributed by atoms with Crippen molar-refractivity contribution in [3.63, 3.8) is 0 Å². The number of alkyl halides is 10. The molecular formula is C24H12F11IN2O2. The number of carbonyl (C=O) groups excluding carboxylic acids is 2. The zero-order valence-corrected chi connectivity index (χ0v) is 21.3. The molecule has 0 bridgehead atoms. The molecule has 16 heteroatoms. The second-order valence-corrected chi connectivity index (χ2v) is 9.19. The smallest absolute Gasteiger partial charge is 0.322 e. The summed E-state index contributed by atoms with van der Waals surface area (Å²) in [5.74, 6) is -2.66. The van der Waals surface area contributed by atoms with Crippen LogP contribution in [-0.2, 0) is 11.8 Å². The lowest BCUT2D eigenvalue weighted by atomic mass is 9.92. The van der Waals surface area contributed by atoms with Gasteiger partial charge in [-0.3, -0.25) is 9.59 Å². The Kier molecular flexibility index (Phi) is 8.44. The van der Waals surface area contributed by atoms with Crippen molar-refractivity contribution in [2.24, 2.45) is 0 Å². The number of benzene rings is 3. The van der Waals surface area contributed by atoms with Crippen LogP contribution in [0.1, 0.15) is 31.8 Å². The van der Waals surface area contributed by atoms with E-state index in [-0.39, 0.29) is 22.9 Å². The van der Waals surface area contributed by atoms with Crippen LogP contribution in [0.4, 0.5) is 59.7 Å². The molecule has 0 spiro atoms. The number of carbonyl (C=O) groups is 2. The normalized spacial score (nSPS) is 12.7. The highest BCUT2D eigenvalue weighted by Crippen LogP contribution is 2.54. The van der Waals surface area contributed by atoms with Crippen molar-refractivity contribution < 1.29 is 57.9 Å². The first-order chi connectivity index (χ1) is 18.3. The van der Waals surface area contributed by atoms with Crippen molar-refractivity contribution in [2.45, 2.75) is 24.2 Å². The summed E-state index contributed by atoms with van der Waals surface area (Å²) in [5, 5.41) is 4.13. The predicted molar refractivity (Wildman–Crippen MR) is 128 cm³/mol. The van der Waals surface area contributed by atoms with Crippen LogP contribution in [0.25, 0.3) is 0 Å². The fraction of sp³-hybridized carbons (Fsp3) is 0.167. The highest BCUT2D eigenvalue weighted by Gasteiger charge is 2.73. The molecule has 3 aromatic carbocycles. The van der Waals surface area contributed by atoms with E-state index in [2.05, 4.69) is 5.32 Å². The van der Waals surface area contributed by atoms with Gasteiger partial charge in [0.15, 0.2) is 0 Å². The Morgan fingerprint density at radius 3 is 1.75 bits per heavy atom. The van der Waals surface area contributed by atoms with Crippen LogP contribution in [0.2, 0.25) is 0 Å². The van der Waals surface area contributed by atoms with Crippen LogP contribution in [-0.4, -0.2) is 24.2 Å². The molecule has 4 nitrogen and oxygen atoms in total. The lowest BCUT2D eigenvalue weighted by molar-refractivity contribution is -0.348. The molecule has 3 rings (SSSR count). The molecule has 0 fully saturated rings. The van der Waals surface area contributed by atoms with E-state index in [9.17, 15) is 57.9 Å². The molecule has 3 aromatic rings. The zero-order valence-electron chi connectivity index (χ0n) is 19.1. The van der Waals surface area contributed by atoms with Crippen molar-refractivity contribution >= 4 is 45.8 Å². The van der Waals surface area contributed by atoms with E-state index in [0.29, 0.717) is 0 Å². The first-order valence-corrected chi connectivity index (χ1v) is 11.6. The molecule has 40 heavy (non-hydrogen) atoms. The second-order valence-electron chi connectivity index (χ2n) is 8.03. The van der Waals surface area contributed by atoms with Crippen LogP contribution in [0.5, 0.6) is 0 Å². The first kappa shape index (κ1) is 31.1. The van der Waals surface area contributed by atoms with Crippen LogP contribution in [0.3, 0.4) is 0 Å². The summed E-state index contributed by atoms with van der Waals surface area (Å²) in [7, 11) is 0. The summed E-state index contributed by atoms with van der Waals surface area (Å²) in [6.45, 7) is 0. The molecule has 0 aromatic heterocycles. The fourth-order valence-corrected chi connectivity index (χ4v) is 4.13. The molecule has 0 heterocycles. The Morgan fingerprint density at radius 1 is 0.675 bits per heavy atom. The average molecular weight is 696 g/mol. The number of nitrogens with one attached hydrogen (secondary N) is 2. The summed E-state index contributed by atoms with van der Waals surface area (Å²) < 4.78 is 147. The minimum Gasteiger partial charge on any atom is -0.322 e. The lowest BCUT2D eigenvalue weighted by Crippen LogP contribution is -2.50. The van der Waals surface area contributed by atoms with E-state index >= 15 is 0 Å². The second kappa shape index (κ2) is 10.9. The molecule has 0 atom stereocenters. The Balaban J connectivity index is 1.98. The van der Waals surface area contributed by atoms with E-state index < -0.39 is 68.3 Å². The van der Waals surface area contributed by atoms with Crippen molar-refractivity contribution in [3.8, 4) is 0 Å². The van der Waals surface area contributed by atoms with Gasteiger partial charge in [0.1, 0.15) is 5.82 Å². The average Bonchev–Trinajstić information content (AvgIpc) is 2.83. The largest absolute Gasteiger partial charge is 0.435 e. The molecule has 2 N–H and O–H groups in total. The Morgan fingerprint density at radius 2 is 1.23 bits per heavy atom. The van der Waals surface area contributed by atoms with Gasteiger partial charge in [-0.05, 0) is 77.2 Å². The summed E-state index contributed by atoms with van der Waals surface area (Å²) in [4.78, 5) is 25.0. The molecular weight excluding hydrogens is 684 g/mol. The van der Waals surface area contributed by atoms with Gasteiger partial charge in [0, 0.05) is 25.9 Å². The number of anilines is 2. The Labute approximate surface area is 230 Å². The van der Waals surface area contributed by atoms with Crippen molar-refractivity contribution in [2.75, 3.05) is 10.6 Å². The molecule has 0 aliphatic heterocycles.